The van der Waals surface area contributed by atoms with Crippen LogP contribution in [0.25, 0.3) is 0 Å². The Kier molecular flexibility index (Phi) is 4.73. The van der Waals surface area contributed by atoms with Gasteiger partial charge in [-0.15, -0.1) is 22.7 Å². The van der Waals surface area contributed by atoms with E-state index in [1.807, 2.05) is 17.0 Å². The van der Waals surface area contributed by atoms with Gasteiger partial charge >= 0.3 is 0 Å². The maximum atomic E-state index is 12.8. The molecular weight excluding hydrogens is 300 g/mol. The van der Waals surface area contributed by atoms with Crippen molar-refractivity contribution in [1.29, 1.82) is 0 Å². The largest absolute Gasteiger partial charge is 0.332 e. The van der Waals surface area contributed by atoms with Crippen molar-refractivity contribution in [2.45, 2.75) is 38.4 Å². The summed E-state index contributed by atoms with van der Waals surface area (Å²) in [5.41, 5.74) is 5.97. The zero-order chi connectivity index (χ0) is 14.7. The van der Waals surface area contributed by atoms with Crippen molar-refractivity contribution in [3.63, 3.8) is 0 Å². The molecule has 2 N–H and O–H groups in total. The minimum atomic E-state index is 0.111. The third-order valence-corrected chi connectivity index (χ3v) is 5.71. The van der Waals surface area contributed by atoms with Crippen molar-refractivity contribution in [2.75, 3.05) is 0 Å². The van der Waals surface area contributed by atoms with Gasteiger partial charge in [0.15, 0.2) is 0 Å². The molecular formula is C16H20N2OS2. The van der Waals surface area contributed by atoms with Crippen LogP contribution in [0, 0.1) is 5.92 Å². The summed E-state index contributed by atoms with van der Waals surface area (Å²) in [4.78, 5) is 17.3. The molecule has 2 atom stereocenters. The minimum Gasteiger partial charge on any atom is -0.332 e. The van der Waals surface area contributed by atoms with E-state index in [-0.39, 0.29) is 17.9 Å². The van der Waals surface area contributed by atoms with Crippen LogP contribution in [0.15, 0.2) is 35.0 Å². The van der Waals surface area contributed by atoms with Crippen LogP contribution in [-0.2, 0) is 17.9 Å². The van der Waals surface area contributed by atoms with Gasteiger partial charge in [-0.3, -0.25) is 4.79 Å². The monoisotopic (exact) mass is 320 g/mol. The van der Waals surface area contributed by atoms with E-state index in [2.05, 4.69) is 22.9 Å². The Morgan fingerprint density at radius 3 is 2.19 bits per heavy atom. The van der Waals surface area contributed by atoms with Gasteiger partial charge in [0.1, 0.15) is 0 Å². The molecule has 0 aliphatic heterocycles. The Bertz CT molecular complexity index is 529. The summed E-state index contributed by atoms with van der Waals surface area (Å²) in [6.07, 6.45) is 2.75. The number of thiophene rings is 2. The highest BCUT2D eigenvalue weighted by molar-refractivity contribution is 7.10. The van der Waals surface area contributed by atoms with Crippen molar-refractivity contribution < 1.29 is 4.79 Å². The summed E-state index contributed by atoms with van der Waals surface area (Å²) in [6, 6.07) is 8.47. The lowest BCUT2D eigenvalue weighted by atomic mass is 10.1. The second-order valence-electron chi connectivity index (χ2n) is 5.62. The molecule has 3 nitrogen and oxygen atoms in total. The topological polar surface area (TPSA) is 46.3 Å². The average molecular weight is 320 g/mol. The van der Waals surface area contributed by atoms with E-state index in [4.69, 9.17) is 5.73 Å². The summed E-state index contributed by atoms with van der Waals surface area (Å²) in [5, 5.41) is 4.13. The van der Waals surface area contributed by atoms with E-state index < -0.39 is 0 Å². The number of carbonyl (C=O) groups excluding carboxylic acids is 1. The highest BCUT2D eigenvalue weighted by Crippen LogP contribution is 2.28. The van der Waals surface area contributed by atoms with Gasteiger partial charge in [-0.1, -0.05) is 12.1 Å². The lowest BCUT2D eigenvalue weighted by molar-refractivity contribution is -0.136. The van der Waals surface area contributed by atoms with Gasteiger partial charge in [-0.25, -0.2) is 0 Å². The number of amides is 1. The number of nitrogens with two attached hydrogens (primary N) is 1. The molecule has 0 unspecified atom stereocenters. The number of hydrogen-bond donors (Lipinski definition) is 1. The number of hydrogen-bond acceptors (Lipinski definition) is 4. The Morgan fingerprint density at radius 1 is 1.14 bits per heavy atom. The average Bonchev–Trinajstić information content (AvgIpc) is 3.19. The molecule has 112 valence electrons. The summed E-state index contributed by atoms with van der Waals surface area (Å²) >= 11 is 3.42. The number of carbonyl (C=O) groups is 1. The predicted octanol–water partition coefficient (Wildman–Crippen LogP) is 3.47. The maximum Gasteiger partial charge on any atom is 0.226 e. The Labute approximate surface area is 133 Å². The molecule has 1 amide bonds. The second-order valence-corrected chi connectivity index (χ2v) is 7.69. The molecule has 2 aromatic rings. The molecule has 0 spiro atoms. The first-order chi connectivity index (χ1) is 10.2. The van der Waals surface area contributed by atoms with Gasteiger partial charge in [0, 0.05) is 21.7 Å². The molecule has 1 saturated carbocycles. The summed E-state index contributed by atoms with van der Waals surface area (Å²) in [5.74, 6) is 0.379. The first kappa shape index (κ1) is 14.8. The second kappa shape index (κ2) is 6.73. The fraction of sp³-hybridized carbons (Fsp3) is 0.438. The molecule has 21 heavy (non-hydrogen) atoms. The van der Waals surface area contributed by atoms with Crippen LogP contribution >= 0.6 is 22.7 Å². The third-order valence-electron chi connectivity index (χ3n) is 3.99. The first-order valence-corrected chi connectivity index (χ1v) is 9.07. The Morgan fingerprint density at radius 2 is 1.76 bits per heavy atom. The van der Waals surface area contributed by atoms with E-state index in [9.17, 15) is 4.79 Å². The van der Waals surface area contributed by atoms with Crippen LogP contribution < -0.4 is 5.73 Å². The SMILES string of the molecule is N[C@@H]1CC[C@H](C(=O)N(Cc2cccs2)Cc2cccs2)C1. The van der Waals surface area contributed by atoms with Gasteiger partial charge in [0.2, 0.25) is 5.91 Å². The van der Waals surface area contributed by atoms with Crippen LogP contribution in [0.1, 0.15) is 29.0 Å². The molecule has 2 heterocycles. The van der Waals surface area contributed by atoms with Gasteiger partial charge in [0.25, 0.3) is 0 Å². The van der Waals surface area contributed by atoms with Crippen LogP contribution in [-0.4, -0.2) is 16.8 Å². The number of nitrogens with zero attached hydrogens (tertiary/aromatic N) is 1. The van der Waals surface area contributed by atoms with Crippen molar-refractivity contribution in [2.24, 2.45) is 11.7 Å². The van der Waals surface area contributed by atoms with Crippen LogP contribution in [0.5, 0.6) is 0 Å². The van der Waals surface area contributed by atoms with Gasteiger partial charge in [-0.05, 0) is 42.2 Å². The first-order valence-electron chi connectivity index (χ1n) is 7.31. The van der Waals surface area contributed by atoms with E-state index >= 15 is 0 Å². The van der Waals surface area contributed by atoms with Gasteiger partial charge in [0.05, 0.1) is 13.1 Å². The van der Waals surface area contributed by atoms with Crippen LogP contribution in [0.2, 0.25) is 0 Å². The van der Waals surface area contributed by atoms with E-state index in [0.29, 0.717) is 13.1 Å². The third kappa shape index (κ3) is 3.73. The standard InChI is InChI=1S/C16H20N2OS2/c17-13-6-5-12(9-13)16(19)18(10-14-3-1-7-20-14)11-15-4-2-8-21-15/h1-4,7-8,12-13H,5-6,9-11,17H2/t12-,13+/m0/s1. The van der Waals surface area contributed by atoms with Crippen LogP contribution in [0.3, 0.4) is 0 Å². The Hall–Kier alpha value is -1.17. The fourth-order valence-corrected chi connectivity index (χ4v) is 4.33. The number of rotatable bonds is 5. The van der Waals surface area contributed by atoms with Crippen LogP contribution in [0.4, 0.5) is 0 Å². The zero-order valence-corrected chi connectivity index (χ0v) is 13.5. The molecule has 0 saturated heterocycles. The molecule has 0 bridgehead atoms. The lowest BCUT2D eigenvalue weighted by Gasteiger charge is -2.25. The van der Waals surface area contributed by atoms with Gasteiger partial charge < -0.3 is 10.6 Å². The van der Waals surface area contributed by atoms with E-state index in [1.54, 1.807) is 22.7 Å². The zero-order valence-electron chi connectivity index (χ0n) is 11.9. The van der Waals surface area contributed by atoms with E-state index in [1.165, 1.54) is 9.75 Å². The minimum absolute atomic E-state index is 0.111. The highest BCUT2D eigenvalue weighted by atomic mass is 32.1. The summed E-state index contributed by atoms with van der Waals surface area (Å²) < 4.78 is 0. The summed E-state index contributed by atoms with van der Waals surface area (Å²) in [6.45, 7) is 1.42. The molecule has 1 aliphatic carbocycles. The molecule has 0 radical (unpaired) electrons. The molecule has 0 aromatic carbocycles. The molecule has 5 heteroatoms. The summed E-state index contributed by atoms with van der Waals surface area (Å²) in [7, 11) is 0. The molecule has 3 rings (SSSR count). The van der Waals surface area contributed by atoms with Crippen molar-refractivity contribution in [1.82, 2.24) is 4.90 Å². The highest BCUT2D eigenvalue weighted by Gasteiger charge is 2.31. The van der Waals surface area contributed by atoms with Crippen molar-refractivity contribution in [3.8, 4) is 0 Å². The van der Waals surface area contributed by atoms with Crippen molar-refractivity contribution in [3.05, 3.63) is 44.8 Å². The normalized spacial score (nSPS) is 21.6. The lowest BCUT2D eigenvalue weighted by Crippen LogP contribution is -2.34. The maximum absolute atomic E-state index is 12.8. The Balaban J connectivity index is 1.72. The van der Waals surface area contributed by atoms with Gasteiger partial charge in [-0.2, -0.15) is 0 Å². The quantitative estimate of drug-likeness (QED) is 0.917. The van der Waals surface area contributed by atoms with Crippen molar-refractivity contribution >= 4 is 28.6 Å². The van der Waals surface area contributed by atoms with E-state index in [0.717, 1.165) is 19.3 Å². The molecule has 2 aromatic heterocycles. The smallest absolute Gasteiger partial charge is 0.226 e. The predicted molar refractivity (Wildman–Crippen MR) is 88.2 cm³/mol. The molecule has 1 aliphatic rings. The molecule has 1 fully saturated rings. The fourth-order valence-electron chi connectivity index (χ4n) is 2.89.